The SMILES string of the molecule is COc1cc2c3c(cnc2c(Cl)c1Cl)CN(C(=O)OC(C)(C)C)C3C(F)F. The third-order valence-electron chi connectivity index (χ3n) is 4.19. The molecule has 2 heterocycles. The summed E-state index contributed by atoms with van der Waals surface area (Å²) in [5, 5.41) is 0.627. The third-order valence-corrected chi connectivity index (χ3v) is 5.03. The van der Waals surface area contributed by atoms with Crippen molar-refractivity contribution < 1.29 is 23.0 Å². The maximum absolute atomic E-state index is 14.0. The quantitative estimate of drug-likeness (QED) is 0.635. The monoisotopic (exact) mass is 418 g/mol. The summed E-state index contributed by atoms with van der Waals surface area (Å²) < 4.78 is 38.5. The molecule has 0 bridgehead atoms. The number of benzene rings is 1. The van der Waals surface area contributed by atoms with Gasteiger partial charge in [0, 0.05) is 11.6 Å². The molecule has 2 aromatic rings. The Kier molecular flexibility index (Phi) is 5.12. The van der Waals surface area contributed by atoms with Gasteiger partial charge in [0.05, 0.1) is 24.2 Å². The summed E-state index contributed by atoms with van der Waals surface area (Å²) in [7, 11) is 1.40. The zero-order chi connectivity index (χ0) is 20.1. The lowest BCUT2D eigenvalue weighted by atomic mass is 10.0. The van der Waals surface area contributed by atoms with Gasteiger partial charge in [-0.25, -0.2) is 13.6 Å². The second-order valence-corrected chi connectivity index (χ2v) is 7.94. The highest BCUT2D eigenvalue weighted by Crippen LogP contribution is 2.46. The first-order valence-electron chi connectivity index (χ1n) is 8.16. The lowest BCUT2D eigenvalue weighted by molar-refractivity contribution is -0.0115. The molecule has 0 N–H and O–H groups in total. The fourth-order valence-corrected chi connectivity index (χ4v) is 3.60. The zero-order valence-corrected chi connectivity index (χ0v) is 16.7. The molecule has 3 rings (SSSR count). The molecule has 0 spiro atoms. The predicted molar refractivity (Wildman–Crippen MR) is 98.8 cm³/mol. The van der Waals surface area contributed by atoms with Gasteiger partial charge in [-0.05, 0) is 38.0 Å². The number of hydrogen-bond acceptors (Lipinski definition) is 4. The number of carbonyl (C=O) groups excluding carboxylic acids is 1. The molecule has 1 unspecified atom stereocenters. The Balaban J connectivity index is 2.18. The number of carbonyl (C=O) groups is 1. The van der Waals surface area contributed by atoms with E-state index in [0.717, 1.165) is 4.90 Å². The number of halogens is 4. The fraction of sp³-hybridized carbons (Fsp3) is 0.444. The molecule has 0 aliphatic carbocycles. The van der Waals surface area contributed by atoms with Crippen LogP contribution in [-0.4, -0.2) is 35.1 Å². The number of pyridine rings is 1. The van der Waals surface area contributed by atoms with Crippen LogP contribution in [-0.2, 0) is 11.3 Å². The molecular formula is C18H18Cl2F2N2O3. The summed E-state index contributed by atoms with van der Waals surface area (Å²) >= 11 is 12.4. The van der Waals surface area contributed by atoms with Crippen LogP contribution in [0.1, 0.15) is 37.9 Å². The Labute approximate surface area is 165 Å². The minimum Gasteiger partial charge on any atom is -0.495 e. The van der Waals surface area contributed by atoms with E-state index in [0.29, 0.717) is 10.9 Å². The molecule has 1 aromatic heterocycles. The van der Waals surface area contributed by atoms with Crippen LogP contribution < -0.4 is 4.74 Å². The Bertz CT molecular complexity index is 916. The number of nitrogens with zero attached hydrogens (tertiary/aromatic N) is 2. The van der Waals surface area contributed by atoms with Gasteiger partial charge in [0.25, 0.3) is 6.43 Å². The lowest BCUT2D eigenvalue weighted by Crippen LogP contribution is -2.38. The molecule has 27 heavy (non-hydrogen) atoms. The van der Waals surface area contributed by atoms with E-state index in [4.69, 9.17) is 32.7 Å². The summed E-state index contributed by atoms with van der Waals surface area (Å²) in [6, 6.07) is 0.0332. The molecule has 1 aromatic carbocycles. The van der Waals surface area contributed by atoms with E-state index in [1.807, 2.05) is 0 Å². The third kappa shape index (κ3) is 3.50. The maximum Gasteiger partial charge on any atom is 0.411 e. The van der Waals surface area contributed by atoms with Crippen molar-refractivity contribution in [2.24, 2.45) is 0 Å². The molecule has 0 saturated carbocycles. The highest BCUT2D eigenvalue weighted by atomic mass is 35.5. The van der Waals surface area contributed by atoms with Gasteiger partial charge in [-0.2, -0.15) is 0 Å². The maximum atomic E-state index is 14.0. The van der Waals surface area contributed by atoms with Crippen LogP contribution in [0, 0.1) is 0 Å². The highest BCUT2D eigenvalue weighted by molar-refractivity contribution is 6.46. The van der Waals surface area contributed by atoms with E-state index in [1.54, 1.807) is 20.8 Å². The normalized spacial score (nSPS) is 16.8. The number of alkyl halides is 2. The highest BCUT2D eigenvalue weighted by Gasteiger charge is 2.43. The molecule has 1 atom stereocenters. The summed E-state index contributed by atoms with van der Waals surface area (Å²) in [5.74, 6) is 0.244. The summed E-state index contributed by atoms with van der Waals surface area (Å²) in [6.45, 7) is 4.99. The van der Waals surface area contributed by atoms with Crippen LogP contribution in [0.2, 0.25) is 10.0 Å². The fourth-order valence-electron chi connectivity index (χ4n) is 3.13. The molecule has 0 radical (unpaired) electrons. The van der Waals surface area contributed by atoms with Gasteiger partial charge in [-0.1, -0.05) is 23.2 Å². The predicted octanol–water partition coefficient (Wildman–Crippen LogP) is 5.61. The molecule has 1 amide bonds. The first kappa shape index (κ1) is 19.9. The van der Waals surface area contributed by atoms with Crippen LogP contribution in [0.25, 0.3) is 10.9 Å². The van der Waals surface area contributed by atoms with E-state index < -0.39 is 24.2 Å². The van der Waals surface area contributed by atoms with E-state index in [1.165, 1.54) is 19.4 Å². The van der Waals surface area contributed by atoms with Crippen molar-refractivity contribution in [3.63, 3.8) is 0 Å². The number of amides is 1. The van der Waals surface area contributed by atoms with Crippen molar-refractivity contribution in [2.45, 2.75) is 45.4 Å². The van der Waals surface area contributed by atoms with E-state index in [9.17, 15) is 13.6 Å². The van der Waals surface area contributed by atoms with E-state index in [2.05, 4.69) is 4.98 Å². The molecule has 146 valence electrons. The Morgan fingerprint density at radius 2 is 2.00 bits per heavy atom. The van der Waals surface area contributed by atoms with Crippen LogP contribution >= 0.6 is 23.2 Å². The van der Waals surface area contributed by atoms with Gasteiger partial charge in [0.1, 0.15) is 22.4 Å². The first-order valence-corrected chi connectivity index (χ1v) is 8.92. The van der Waals surface area contributed by atoms with Crippen molar-refractivity contribution in [1.29, 1.82) is 0 Å². The van der Waals surface area contributed by atoms with Crippen molar-refractivity contribution >= 4 is 40.2 Å². The molecule has 0 fully saturated rings. The van der Waals surface area contributed by atoms with Crippen molar-refractivity contribution in [3.8, 4) is 5.75 Å². The number of aromatic nitrogens is 1. The van der Waals surface area contributed by atoms with Gasteiger partial charge in [-0.15, -0.1) is 0 Å². The Morgan fingerprint density at radius 3 is 2.56 bits per heavy atom. The lowest BCUT2D eigenvalue weighted by Gasteiger charge is -2.28. The van der Waals surface area contributed by atoms with Crippen molar-refractivity contribution in [2.75, 3.05) is 7.11 Å². The van der Waals surface area contributed by atoms with Gasteiger partial charge in [-0.3, -0.25) is 9.88 Å². The zero-order valence-electron chi connectivity index (χ0n) is 15.1. The second kappa shape index (κ2) is 6.95. The minimum atomic E-state index is -2.83. The number of rotatable bonds is 2. The Morgan fingerprint density at radius 1 is 1.33 bits per heavy atom. The number of hydrogen-bond donors (Lipinski definition) is 0. The number of methoxy groups -OCH3 is 1. The van der Waals surface area contributed by atoms with Gasteiger partial charge in [0.15, 0.2) is 0 Å². The Hall–Kier alpha value is -1.86. The average molecular weight is 419 g/mol. The van der Waals surface area contributed by atoms with Gasteiger partial charge >= 0.3 is 6.09 Å². The van der Waals surface area contributed by atoms with Gasteiger partial charge in [0.2, 0.25) is 0 Å². The average Bonchev–Trinajstić information content (AvgIpc) is 2.96. The van der Waals surface area contributed by atoms with Crippen molar-refractivity contribution in [3.05, 3.63) is 33.4 Å². The van der Waals surface area contributed by atoms with Gasteiger partial charge < -0.3 is 9.47 Å². The van der Waals surface area contributed by atoms with Crippen LogP contribution in [0.3, 0.4) is 0 Å². The molecule has 1 aliphatic heterocycles. The molecule has 1 aliphatic rings. The van der Waals surface area contributed by atoms with Crippen molar-refractivity contribution in [1.82, 2.24) is 9.88 Å². The van der Waals surface area contributed by atoms with Crippen LogP contribution in [0.4, 0.5) is 13.6 Å². The molecule has 9 heteroatoms. The summed E-state index contributed by atoms with van der Waals surface area (Å²) in [6.07, 6.45) is -2.21. The van der Waals surface area contributed by atoms with Crippen LogP contribution in [0.15, 0.2) is 12.3 Å². The number of ether oxygens (including phenoxy) is 2. The van der Waals surface area contributed by atoms with E-state index >= 15 is 0 Å². The largest absolute Gasteiger partial charge is 0.495 e. The summed E-state index contributed by atoms with van der Waals surface area (Å²) in [5.41, 5.74) is 0.244. The molecule has 5 nitrogen and oxygen atoms in total. The topological polar surface area (TPSA) is 51.7 Å². The standard InChI is InChI=1S/C18H18Cl2F2N2O3/c1-18(2,3)27-17(25)24-7-8-6-23-14-9(11(8)15(24)16(21)22)5-10(26-4)12(19)13(14)20/h5-6,15-16H,7H2,1-4H3. The minimum absolute atomic E-state index is 0.0370. The van der Waals surface area contributed by atoms with Crippen LogP contribution in [0.5, 0.6) is 5.75 Å². The second-order valence-electron chi connectivity index (χ2n) is 7.19. The number of fused-ring (bicyclic) bond motifs is 3. The molecular weight excluding hydrogens is 401 g/mol. The summed E-state index contributed by atoms with van der Waals surface area (Å²) in [4.78, 5) is 17.8. The van der Waals surface area contributed by atoms with E-state index in [-0.39, 0.29) is 33.4 Å². The molecule has 0 saturated heterocycles. The first-order chi connectivity index (χ1) is 12.5. The smallest absolute Gasteiger partial charge is 0.411 e.